The summed E-state index contributed by atoms with van der Waals surface area (Å²) in [5.41, 5.74) is 4.68. The molecule has 1 unspecified atom stereocenters. The van der Waals surface area contributed by atoms with Crippen LogP contribution in [0.1, 0.15) is 62.3 Å². The highest BCUT2D eigenvalue weighted by Crippen LogP contribution is 2.38. The number of likely N-dealkylation sites (tertiary alicyclic amines) is 2. The monoisotopic (exact) mass is 728 g/mol. The Hall–Kier alpha value is -5.04. The summed E-state index contributed by atoms with van der Waals surface area (Å²) < 4.78 is 48.4. The lowest BCUT2D eigenvalue weighted by atomic mass is 9.92. The molecule has 278 valence electrons. The van der Waals surface area contributed by atoms with Crippen molar-refractivity contribution in [2.24, 2.45) is 5.92 Å². The van der Waals surface area contributed by atoms with Gasteiger partial charge in [0, 0.05) is 67.7 Å². The number of aliphatic hydroxyl groups is 1. The first kappa shape index (κ1) is 37.7. The average molecular weight is 729 g/mol. The molecule has 9 nitrogen and oxygen atoms in total. The number of methoxy groups -OCH3 is 1. The second-order valence-corrected chi connectivity index (χ2v) is 13.8. The molecule has 2 aliphatic heterocycles. The predicted molar refractivity (Wildman–Crippen MR) is 197 cm³/mol. The van der Waals surface area contributed by atoms with Gasteiger partial charge in [0.1, 0.15) is 23.5 Å². The van der Waals surface area contributed by atoms with Gasteiger partial charge in [0.15, 0.2) is 0 Å². The van der Waals surface area contributed by atoms with Gasteiger partial charge in [-0.05, 0) is 84.8 Å². The molecule has 0 bridgehead atoms. The third kappa shape index (κ3) is 8.62. The quantitative estimate of drug-likeness (QED) is 0.111. The Morgan fingerprint density at radius 2 is 1.62 bits per heavy atom. The van der Waals surface area contributed by atoms with Gasteiger partial charge in [-0.3, -0.25) is 19.6 Å². The highest BCUT2D eigenvalue weighted by atomic mass is 19.4. The maximum atomic E-state index is 14.3. The number of nitrogens with zero attached hydrogens (tertiary/aromatic N) is 3. The number of alkyl halides is 3. The van der Waals surface area contributed by atoms with Gasteiger partial charge in [-0.2, -0.15) is 13.2 Å². The number of aromatic hydroxyl groups is 1. The summed E-state index contributed by atoms with van der Waals surface area (Å²) >= 11 is 0. The molecule has 53 heavy (non-hydrogen) atoms. The van der Waals surface area contributed by atoms with Crippen molar-refractivity contribution in [3.8, 4) is 22.6 Å². The molecule has 2 saturated heterocycles. The van der Waals surface area contributed by atoms with Crippen LogP contribution in [0.4, 0.5) is 18.9 Å². The van der Waals surface area contributed by atoms with E-state index in [2.05, 4.69) is 15.2 Å². The minimum absolute atomic E-state index is 0.117. The minimum atomic E-state index is -4.65. The molecule has 2 atom stereocenters. The number of anilines is 1. The van der Waals surface area contributed by atoms with Crippen LogP contribution in [0.25, 0.3) is 23.3 Å². The number of hydrogen-bond acceptors (Lipinski definition) is 8. The molecule has 3 aromatic carbocycles. The number of carbonyl (C=O) groups excluding carboxylic acids is 2. The van der Waals surface area contributed by atoms with Crippen LogP contribution >= 0.6 is 0 Å². The van der Waals surface area contributed by atoms with Gasteiger partial charge in [0.25, 0.3) is 5.91 Å². The van der Waals surface area contributed by atoms with Crippen LogP contribution in [0.2, 0.25) is 0 Å². The Labute approximate surface area is 306 Å². The van der Waals surface area contributed by atoms with E-state index in [4.69, 9.17) is 4.74 Å². The number of ether oxygens (including phenoxy) is 1. The molecular formula is C41H43F3N4O5. The predicted octanol–water partition coefficient (Wildman–Crippen LogP) is 7.11. The van der Waals surface area contributed by atoms with Gasteiger partial charge < -0.3 is 25.1 Å². The number of β-amino-alcohol motifs (C(OH)–C–C–N with tert-alkyl or cyclic N) is 1. The first-order valence-electron chi connectivity index (χ1n) is 17.6. The van der Waals surface area contributed by atoms with Gasteiger partial charge in [-0.25, -0.2) is 0 Å². The van der Waals surface area contributed by atoms with Gasteiger partial charge in [0.2, 0.25) is 0 Å². The van der Waals surface area contributed by atoms with Crippen LogP contribution in [-0.4, -0.2) is 76.6 Å². The Morgan fingerprint density at radius 3 is 2.30 bits per heavy atom. The molecule has 3 N–H and O–H groups in total. The number of phenols is 1. The maximum absolute atomic E-state index is 14.3. The number of halogens is 3. The van der Waals surface area contributed by atoms with E-state index < -0.39 is 17.6 Å². The maximum Gasteiger partial charge on any atom is 0.417 e. The van der Waals surface area contributed by atoms with Crippen LogP contribution < -0.4 is 10.1 Å². The molecule has 1 amide bonds. The number of aromatic nitrogens is 1. The van der Waals surface area contributed by atoms with E-state index in [9.17, 15) is 33.0 Å². The zero-order valence-electron chi connectivity index (χ0n) is 29.9. The lowest BCUT2D eigenvalue weighted by Crippen LogP contribution is -2.22. The third-order valence-electron chi connectivity index (χ3n) is 10.2. The summed E-state index contributed by atoms with van der Waals surface area (Å²) in [6.07, 6.45) is 1.80. The largest absolute Gasteiger partial charge is 0.508 e. The van der Waals surface area contributed by atoms with Crippen molar-refractivity contribution >= 4 is 30.0 Å². The summed E-state index contributed by atoms with van der Waals surface area (Å²) in [6, 6.07) is 14.8. The molecule has 3 heterocycles. The molecule has 0 saturated carbocycles. The number of aliphatic hydroxyl groups excluding tert-OH is 1. The van der Waals surface area contributed by atoms with Crippen molar-refractivity contribution in [1.29, 1.82) is 0 Å². The van der Waals surface area contributed by atoms with E-state index >= 15 is 0 Å². The first-order valence-corrected chi connectivity index (χ1v) is 17.6. The highest BCUT2D eigenvalue weighted by molar-refractivity contribution is 6.04. The fourth-order valence-electron chi connectivity index (χ4n) is 7.17. The second-order valence-electron chi connectivity index (χ2n) is 13.8. The smallest absolute Gasteiger partial charge is 0.417 e. The average Bonchev–Trinajstić information content (AvgIpc) is 3.77. The van der Waals surface area contributed by atoms with E-state index in [1.165, 1.54) is 13.2 Å². The fourth-order valence-corrected chi connectivity index (χ4v) is 7.17. The summed E-state index contributed by atoms with van der Waals surface area (Å²) in [5.74, 6) is -0.278. The number of benzene rings is 3. The lowest BCUT2D eigenvalue weighted by molar-refractivity contribution is -0.137. The molecule has 2 fully saturated rings. The van der Waals surface area contributed by atoms with Crippen molar-refractivity contribution in [3.05, 3.63) is 105 Å². The highest BCUT2D eigenvalue weighted by Gasteiger charge is 2.34. The van der Waals surface area contributed by atoms with Gasteiger partial charge in [-0.15, -0.1) is 0 Å². The van der Waals surface area contributed by atoms with Gasteiger partial charge in [-0.1, -0.05) is 42.5 Å². The second kappa shape index (κ2) is 15.9. The summed E-state index contributed by atoms with van der Waals surface area (Å²) in [6.45, 7) is 6.79. The molecule has 12 heteroatoms. The molecule has 0 aliphatic carbocycles. The molecule has 4 aromatic rings. The van der Waals surface area contributed by atoms with Crippen molar-refractivity contribution in [3.63, 3.8) is 0 Å². The molecule has 2 aliphatic rings. The summed E-state index contributed by atoms with van der Waals surface area (Å²) in [4.78, 5) is 32.9. The number of pyridine rings is 1. The van der Waals surface area contributed by atoms with Crippen LogP contribution in [0.5, 0.6) is 11.5 Å². The molecule has 6 rings (SSSR count). The number of phenolic OH excluding ortho intramolecular Hbond substituents is 1. The SMILES string of the molecule is COc1cc(C(=O)Nc2cccc(-c3cccc(/C=C/c4cc(O)c(CN5CC[C@@H](C=O)C5)cc4C(F)(F)F)c3C)c2C)ncc1CN1CCC(O)C1. The van der Waals surface area contributed by atoms with Crippen molar-refractivity contribution in [1.82, 2.24) is 14.8 Å². The number of amides is 1. The van der Waals surface area contributed by atoms with Crippen molar-refractivity contribution in [2.45, 2.75) is 52.1 Å². The summed E-state index contributed by atoms with van der Waals surface area (Å²) in [7, 11) is 1.54. The van der Waals surface area contributed by atoms with E-state index in [0.717, 1.165) is 52.8 Å². The van der Waals surface area contributed by atoms with E-state index in [1.807, 2.05) is 49.1 Å². The molecular weight excluding hydrogens is 685 g/mol. The Bertz CT molecular complexity index is 2030. The minimum Gasteiger partial charge on any atom is -0.508 e. The van der Waals surface area contributed by atoms with E-state index in [-0.39, 0.29) is 41.1 Å². The topological polar surface area (TPSA) is 115 Å². The van der Waals surface area contributed by atoms with Crippen LogP contribution in [-0.2, 0) is 24.1 Å². The standard InChI is InChI=1S/C41H43F3N4O5/c1-25-28(10-11-29-17-38(51)30(16-35(29)41(42,43)44)21-47-14-12-27(20-47)24-49)6-4-7-33(25)34-8-5-9-36(26(34)2)46-40(52)37-18-39(53-3)31(19-45-37)22-48-15-13-32(50)23-48/h4-11,16-19,24,27,32,50-51H,12-15,20-23H2,1-3H3,(H,46,52)/b11-10+/t27-,32?/m1/s1. The number of hydrogen-bond donors (Lipinski definition) is 3. The number of aldehydes is 1. The van der Waals surface area contributed by atoms with Crippen molar-refractivity contribution in [2.75, 3.05) is 38.6 Å². The number of rotatable bonds is 11. The van der Waals surface area contributed by atoms with Gasteiger partial charge >= 0.3 is 6.18 Å². The van der Waals surface area contributed by atoms with Crippen LogP contribution in [0, 0.1) is 19.8 Å². The lowest BCUT2D eigenvalue weighted by Gasteiger charge is -2.19. The Kier molecular flexibility index (Phi) is 11.3. The molecule has 1 aromatic heterocycles. The van der Waals surface area contributed by atoms with Crippen molar-refractivity contribution < 1.29 is 37.7 Å². The zero-order valence-corrected chi connectivity index (χ0v) is 29.9. The van der Waals surface area contributed by atoms with E-state index in [1.54, 1.807) is 24.4 Å². The Balaban J connectivity index is 1.22. The van der Waals surface area contributed by atoms with E-state index in [0.29, 0.717) is 56.0 Å². The zero-order chi connectivity index (χ0) is 37.9. The molecule has 0 radical (unpaired) electrons. The van der Waals surface area contributed by atoms with Crippen LogP contribution in [0.3, 0.4) is 0 Å². The number of carbonyl (C=O) groups is 2. The first-order chi connectivity index (χ1) is 25.3. The normalized spacial score (nSPS) is 18.2. The van der Waals surface area contributed by atoms with Crippen LogP contribution in [0.15, 0.2) is 60.8 Å². The Morgan fingerprint density at radius 1 is 0.943 bits per heavy atom. The third-order valence-corrected chi connectivity index (χ3v) is 10.2. The fraction of sp³-hybridized carbons (Fsp3) is 0.341. The molecule has 0 spiro atoms. The number of nitrogens with one attached hydrogen (secondary N) is 1. The van der Waals surface area contributed by atoms with Gasteiger partial charge in [0.05, 0.1) is 18.8 Å². The summed E-state index contributed by atoms with van der Waals surface area (Å²) in [5, 5.41) is 23.6.